The third kappa shape index (κ3) is 4.51. The monoisotopic (exact) mass is 450 g/mol. The van der Waals surface area contributed by atoms with Crippen LogP contribution in [0.5, 0.6) is 10.9 Å². The Balaban J connectivity index is 1.62. The maximum atomic E-state index is 11.6. The van der Waals surface area contributed by atoms with Crippen LogP contribution in [0.2, 0.25) is 0 Å². The summed E-state index contributed by atoms with van der Waals surface area (Å²) < 4.78 is 11.7. The zero-order chi connectivity index (χ0) is 22.7. The van der Waals surface area contributed by atoms with Crippen LogP contribution in [0, 0.1) is 0 Å². The van der Waals surface area contributed by atoms with Gasteiger partial charge >= 0.3 is 5.97 Å². The van der Waals surface area contributed by atoms with E-state index in [1.807, 2.05) is 12.3 Å². The number of rotatable bonds is 8. The minimum Gasteiger partial charge on any atom is -0.465 e. The normalized spacial score (nSPS) is 13.3. The summed E-state index contributed by atoms with van der Waals surface area (Å²) in [6.45, 7) is 2.20. The Hall–Kier alpha value is -3.23. The van der Waals surface area contributed by atoms with Crippen LogP contribution in [0.25, 0.3) is 10.2 Å². The standard InChI is InChI=1S/C24H26N4O3S/c1-5-19(28(2)3)21(22-25-12-13-26-22)16-8-11-18-20(14-16)32-24(27-18)31-17-9-6-15(7-10-17)23(29)30-4/h6-14,19,21H,5H2,1-4H3,(H,25,26). The number of hydrogen-bond donors (Lipinski definition) is 1. The number of benzene rings is 2. The first kappa shape index (κ1) is 22.0. The number of nitrogens with zero attached hydrogens (tertiary/aromatic N) is 3. The molecule has 0 aliphatic rings. The van der Waals surface area contributed by atoms with Gasteiger partial charge in [0.15, 0.2) is 0 Å². The number of aromatic amines is 1. The Labute approximate surface area is 191 Å². The average Bonchev–Trinajstić information content (AvgIpc) is 3.46. The van der Waals surface area contributed by atoms with E-state index in [1.165, 1.54) is 24.0 Å². The first-order valence-corrected chi connectivity index (χ1v) is 11.2. The molecule has 0 amide bonds. The fraction of sp³-hybridized carbons (Fsp3) is 0.292. The van der Waals surface area contributed by atoms with E-state index in [4.69, 9.17) is 9.47 Å². The second-order valence-electron chi connectivity index (χ2n) is 7.72. The lowest BCUT2D eigenvalue weighted by Crippen LogP contribution is -2.34. The molecular formula is C24H26N4O3S. The lowest BCUT2D eigenvalue weighted by molar-refractivity contribution is 0.0600. The third-order valence-corrected chi connectivity index (χ3v) is 6.41. The van der Waals surface area contributed by atoms with E-state index in [9.17, 15) is 4.79 Å². The number of imidazole rings is 1. The van der Waals surface area contributed by atoms with Crippen LogP contribution in [0.15, 0.2) is 54.9 Å². The van der Waals surface area contributed by atoms with Crippen molar-refractivity contribution in [1.82, 2.24) is 19.9 Å². The molecule has 0 fully saturated rings. The smallest absolute Gasteiger partial charge is 0.337 e. The largest absolute Gasteiger partial charge is 0.465 e. The van der Waals surface area contributed by atoms with Gasteiger partial charge in [0.2, 0.25) is 0 Å². The fourth-order valence-electron chi connectivity index (χ4n) is 3.94. The summed E-state index contributed by atoms with van der Waals surface area (Å²) in [5, 5.41) is 0.553. The van der Waals surface area contributed by atoms with Gasteiger partial charge in [-0.05, 0) is 62.5 Å². The number of likely N-dealkylation sites (N-methyl/N-ethyl adjacent to an activating group) is 1. The van der Waals surface area contributed by atoms with Crippen molar-refractivity contribution in [2.45, 2.75) is 25.3 Å². The van der Waals surface area contributed by atoms with Crippen LogP contribution in [0.3, 0.4) is 0 Å². The minimum atomic E-state index is -0.377. The molecule has 2 aromatic heterocycles. The molecule has 0 aliphatic heterocycles. The van der Waals surface area contributed by atoms with Gasteiger partial charge in [-0.15, -0.1) is 0 Å². The topological polar surface area (TPSA) is 80.3 Å². The van der Waals surface area contributed by atoms with Crippen LogP contribution in [0.1, 0.15) is 41.0 Å². The van der Waals surface area contributed by atoms with Gasteiger partial charge in [-0.25, -0.2) is 14.8 Å². The molecule has 2 atom stereocenters. The van der Waals surface area contributed by atoms with Crippen molar-refractivity contribution >= 4 is 27.5 Å². The summed E-state index contributed by atoms with van der Waals surface area (Å²) >= 11 is 1.49. The number of ether oxygens (including phenoxy) is 2. The van der Waals surface area contributed by atoms with Crippen molar-refractivity contribution in [3.8, 4) is 10.9 Å². The Bertz CT molecular complexity index is 1190. The third-order valence-electron chi connectivity index (χ3n) is 5.51. The summed E-state index contributed by atoms with van der Waals surface area (Å²) in [5.74, 6) is 1.31. The zero-order valence-corrected chi connectivity index (χ0v) is 19.3. The second kappa shape index (κ2) is 9.50. The first-order chi connectivity index (χ1) is 15.5. The highest BCUT2D eigenvalue weighted by molar-refractivity contribution is 7.20. The van der Waals surface area contributed by atoms with Crippen molar-refractivity contribution in [1.29, 1.82) is 0 Å². The molecule has 2 unspecified atom stereocenters. The van der Waals surface area contributed by atoms with Crippen molar-refractivity contribution in [2.75, 3.05) is 21.2 Å². The maximum Gasteiger partial charge on any atom is 0.337 e. The molecule has 4 aromatic rings. The Morgan fingerprint density at radius 3 is 2.59 bits per heavy atom. The fourth-order valence-corrected chi connectivity index (χ4v) is 4.83. The molecule has 32 heavy (non-hydrogen) atoms. The number of hydrogen-bond acceptors (Lipinski definition) is 7. The highest BCUT2D eigenvalue weighted by atomic mass is 32.1. The molecule has 2 heterocycles. The molecule has 0 saturated heterocycles. The molecular weight excluding hydrogens is 424 g/mol. The SMILES string of the molecule is CCC(C(c1ccc2nc(Oc3ccc(C(=O)OC)cc3)sc2c1)c1ncc[nH]1)N(C)C. The number of carbonyl (C=O) groups is 1. The molecule has 1 N–H and O–H groups in total. The van der Waals surface area contributed by atoms with Gasteiger partial charge in [-0.3, -0.25) is 0 Å². The Morgan fingerprint density at radius 1 is 1.19 bits per heavy atom. The molecule has 8 heteroatoms. The van der Waals surface area contributed by atoms with E-state index >= 15 is 0 Å². The highest BCUT2D eigenvalue weighted by Crippen LogP contribution is 2.36. The van der Waals surface area contributed by atoms with E-state index in [-0.39, 0.29) is 11.9 Å². The van der Waals surface area contributed by atoms with Gasteiger partial charge in [0.1, 0.15) is 11.6 Å². The predicted octanol–water partition coefficient (Wildman–Crippen LogP) is 5.07. The average molecular weight is 451 g/mol. The van der Waals surface area contributed by atoms with Crippen molar-refractivity contribution in [3.63, 3.8) is 0 Å². The van der Waals surface area contributed by atoms with Crippen LogP contribution >= 0.6 is 11.3 Å². The van der Waals surface area contributed by atoms with Gasteiger partial charge in [0.05, 0.1) is 28.8 Å². The summed E-state index contributed by atoms with van der Waals surface area (Å²) in [5.41, 5.74) is 2.55. The van der Waals surface area contributed by atoms with E-state index < -0.39 is 0 Å². The number of fused-ring (bicyclic) bond motifs is 1. The van der Waals surface area contributed by atoms with Gasteiger partial charge in [0.25, 0.3) is 5.19 Å². The number of thiazole rings is 1. The van der Waals surface area contributed by atoms with Gasteiger partial charge in [0, 0.05) is 18.4 Å². The molecule has 7 nitrogen and oxygen atoms in total. The molecule has 0 saturated carbocycles. The Kier molecular flexibility index (Phi) is 6.53. The maximum absolute atomic E-state index is 11.6. The molecule has 2 aromatic carbocycles. The molecule has 0 radical (unpaired) electrons. The number of methoxy groups -OCH3 is 1. The van der Waals surface area contributed by atoms with Gasteiger partial charge in [-0.1, -0.05) is 24.3 Å². The van der Waals surface area contributed by atoms with Crippen LogP contribution in [0.4, 0.5) is 0 Å². The molecule has 4 rings (SSSR count). The van der Waals surface area contributed by atoms with E-state index in [1.54, 1.807) is 30.5 Å². The van der Waals surface area contributed by atoms with Crippen LogP contribution < -0.4 is 4.74 Å². The van der Waals surface area contributed by atoms with Crippen molar-refractivity contribution in [3.05, 3.63) is 71.8 Å². The molecule has 0 bridgehead atoms. The number of carbonyl (C=O) groups excluding carboxylic acids is 1. The number of esters is 1. The zero-order valence-electron chi connectivity index (χ0n) is 18.5. The summed E-state index contributed by atoms with van der Waals surface area (Å²) in [4.78, 5) is 26.3. The van der Waals surface area contributed by atoms with E-state index in [0.29, 0.717) is 22.5 Å². The first-order valence-electron chi connectivity index (χ1n) is 10.4. The summed E-state index contributed by atoms with van der Waals surface area (Å²) in [7, 11) is 5.57. The second-order valence-corrected chi connectivity index (χ2v) is 8.71. The molecule has 0 spiro atoms. The van der Waals surface area contributed by atoms with Crippen LogP contribution in [-0.4, -0.2) is 53.1 Å². The van der Waals surface area contributed by atoms with Crippen LogP contribution in [-0.2, 0) is 4.74 Å². The van der Waals surface area contributed by atoms with Gasteiger partial charge < -0.3 is 19.4 Å². The van der Waals surface area contributed by atoms with Gasteiger partial charge in [-0.2, -0.15) is 0 Å². The quantitative estimate of drug-likeness (QED) is 0.378. The molecule has 166 valence electrons. The number of nitrogens with one attached hydrogen (secondary N) is 1. The van der Waals surface area contributed by atoms with E-state index in [2.05, 4.69) is 53.0 Å². The lowest BCUT2D eigenvalue weighted by Gasteiger charge is -2.30. The van der Waals surface area contributed by atoms with Crippen molar-refractivity contribution in [2.24, 2.45) is 0 Å². The number of H-pyrrole nitrogens is 1. The Morgan fingerprint density at radius 2 is 1.97 bits per heavy atom. The lowest BCUT2D eigenvalue weighted by atomic mass is 9.88. The molecule has 0 aliphatic carbocycles. The minimum absolute atomic E-state index is 0.117. The summed E-state index contributed by atoms with van der Waals surface area (Å²) in [6.07, 6.45) is 4.66. The highest BCUT2D eigenvalue weighted by Gasteiger charge is 2.28. The van der Waals surface area contributed by atoms with E-state index in [0.717, 1.165) is 22.5 Å². The summed E-state index contributed by atoms with van der Waals surface area (Å²) in [6, 6.07) is 13.5. The predicted molar refractivity (Wildman–Crippen MR) is 126 cm³/mol. The number of aromatic nitrogens is 3. The van der Waals surface area contributed by atoms with Crippen molar-refractivity contribution < 1.29 is 14.3 Å².